The van der Waals surface area contributed by atoms with Crippen molar-refractivity contribution in [1.82, 2.24) is 15.0 Å². The molecule has 0 N–H and O–H groups in total. The number of hydrogen-bond donors (Lipinski definition) is 0. The molecular formula is C13H13N3OS. The second-order valence-corrected chi connectivity index (χ2v) is 4.90. The summed E-state index contributed by atoms with van der Waals surface area (Å²) in [5.41, 5.74) is 2.42. The monoisotopic (exact) mass is 259 g/mol. The molecule has 0 unspecified atom stereocenters. The standard InChI is InChI=1S/C13H13N3OS/c1-8-7-9(2)16-13(15-8)18-12-11(10(3)17)5-4-6-14-12/h4-7H,1-3H3. The van der Waals surface area contributed by atoms with E-state index in [1.807, 2.05) is 19.9 Å². The predicted molar refractivity (Wildman–Crippen MR) is 69.9 cm³/mol. The smallest absolute Gasteiger partial charge is 0.194 e. The van der Waals surface area contributed by atoms with Crippen LogP contribution in [0.5, 0.6) is 0 Å². The van der Waals surface area contributed by atoms with Crippen LogP contribution in [0.3, 0.4) is 0 Å². The highest BCUT2D eigenvalue weighted by atomic mass is 32.2. The Kier molecular flexibility index (Phi) is 3.72. The van der Waals surface area contributed by atoms with Crippen molar-refractivity contribution in [2.75, 3.05) is 0 Å². The number of carbonyl (C=O) groups excluding carboxylic acids is 1. The van der Waals surface area contributed by atoms with Gasteiger partial charge in [-0.3, -0.25) is 4.79 Å². The second-order valence-electron chi connectivity index (χ2n) is 3.95. The number of hydrogen-bond acceptors (Lipinski definition) is 5. The van der Waals surface area contributed by atoms with Crippen molar-refractivity contribution in [3.8, 4) is 0 Å². The SMILES string of the molecule is CC(=O)c1cccnc1Sc1nc(C)cc(C)n1. The molecule has 5 heteroatoms. The molecule has 0 atom stereocenters. The molecule has 2 heterocycles. The number of carbonyl (C=O) groups is 1. The van der Waals surface area contributed by atoms with Gasteiger partial charge in [-0.05, 0) is 50.7 Å². The molecule has 0 saturated carbocycles. The summed E-state index contributed by atoms with van der Waals surface area (Å²) in [5.74, 6) is -0.00465. The molecule has 92 valence electrons. The molecule has 0 saturated heterocycles. The van der Waals surface area contributed by atoms with E-state index < -0.39 is 0 Å². The van der Waals surface area contributed by atoms with Crippen molar-refractivity contribution in [2.45, 2.75) is 31.0 Å². The topological polar surface area (TPSA) is 55.7 Å². The average Bonchev–Trinajstić information content (AvgIpc) is 2.27. The van der Waals surface area contributed by atoms with Gasteiger partial charge >= 0.3 is 0 Å². The Hall–Kier alpha value is -1.75. The number of aromatic nitrogens is 3. The van der Waals surface area contributed by atoms with Gasteiger partial charge in [-0.1, -0.05) is 0 Å². The van der Waals surface area contributed by atoms with Gasteiger partial charge in [0.1, 0.15) is 5.03 Å². The fourth-order valence-electron chi connectivity index (χ4n) is 1.57. The van der Waals surface area contributed by atoms with Crippen molar-refractivity contribution < 1.29 is 4.79 Å². The molecule has 4 nitrogen and oxygen atoms in total. The van der Waals surface area contributed by atoms with Crippen molar-refractivity contribution in [3.05, 3.63) is 41.3 Å². The lowest BCUT2D eigenvalue weighted by Gasteiger charge is -2.05. The van der Waals surface area contributed by atoms with Crippen LogP contribution in [0.4, 0.5) is 0 Å². The molecule has 0 fully saturated rings. The zero-order valence-electron chi connectivity index (χ0n) is 10.5. The fourth-order valence-corrected chi connectivity index (χ4v) is 2.55. The first-order chi connectivity index (χ1) is 8.56. The van der Waals surface area contributed by atoms with Crippen LogP contribution in [0.25, 0.3) is 0 Å². The van der Waals surface area contributed by atoms with Crippen LogP contribution in [-0.2, 0) is 0 Å². The van der Waals surface area contributed by atoms with Crippen LogP contribution in [-0.4, -0.2) is 20.7 Å². The minimum Gasteiger partial charge on any atom is -0.294 e. The summed E-state index contributed by atoms with van der Waals surface area (Å²) in [4.78, 5) is 24.4. The third kappa shape index (κ3) is 2.92. The summed E-state index contributed by atoms with van der Waals surface area (Å²) in [6.07, 6.45) is 1.66. The molecule has 0 aliphatic rings. The second kappa shape index (κ2) is 5.27. The Bertz CT molecular complexity index is 578. The van der Waals surface area contributed by atoms with Crippen molar-refractivity contribution in [1.29, 1.82) is 0 Å². The molecule has 18 heavy (non-hydrogen) atoms. The van der Waals surface area contributed by atoms with Crippen LogP contribution in [0.15, 0.2) is 34.6 Å². The van der Waals surface area contributed by atoms with E-state index in [2.05, 4.69) is 15.0 Å². The maximum absolute atomic E-state index is 11.5. The lowest BCUT2D eigenvalue weighted by Crippen LogP contribution is -1.99. The molecule has 0 amide bonds. The first-order valence-corrected chi connectivity index (χ1v) is 6.34. The number of pyridine rings is 1. The summed E-state index contributed by atoms with van der Waals surface area (Å²) in [7, 11) is 0. The highest BCUT2D eigenvalue weighted by Crippen LogP contribution is 2.26. The Morgan fingerprint density at radius 1 is 1.22 bits per heavy atom. The van der Waals surface area contributed by atoms with Crippen LogP contribution >= 0.6 is 11.8 Å². The Morgan fingerprint density at radius 2 is 1.89 bits per heavy atom. The van der Waals surface area contributed by atoms with Gasteiger partial charge in [0, 0.05) is 23.1 Å². The van der Waals surface area contributed by atoms with Gasteiger partial charge in [-0.25, -0.2) is 15.0 Å². The van der Waals surface area contributed by atoms with E-state index in [4.69, 9.17) is 0 Å². The average molecular weight is 259 g/mol. The first-order valence-electron chi connectivity index (χ1n) is 5.52. The molecule has 0 aliphatic carbocycles. The minimum atomic E-state index is -0.00465. The summed E-state index contributed by atoms with van der Waals surface area (Å²) in [6, 6.07) is 5.43. The van der Waals surface area contributed by atoms with Crippen molar-refractivity contribution in [3.63, 3.8) is 0 Å². The van der Waals surface area contributed by atoms with Gasteiger partial charge < -0.3 is 0 Å². The van der Waals surface area contributed by atoms with Gasteiger partial charge in [0.15, 0.2) is 10.9 Å². The van der Waals surface area contributed by atoms with Crippen molar-refractivity contribution >= 4 is 17.5 Å². The first kappa shape index (κ1) is 12.7. The maximum Gasteiger partial charge on any atom is 0.194 e. The molecule has 0 radical (unpaired) electrons. The minimum absolute atomic E-state index is 0.00465. The molecular weight excluding hydrogens is 246 g/mol. The third-order valence-corrected chi connectivity index (χ3v) is 3.18. The summed E-state index contributed by atoms with van der Waals surface area (Å²) in [5, 5.41) is 1.27. The van der Waals surface area contributed by atoms with Crippen LogP contribution in [0.1, 0.15) is 28.7 Å². The Labute approximate surface area is 110 Å². The lowest BCUT2D eigenvalue weighted by atomic mass is 10.2. The molecule has 0 spiro atoms. The van der Waals surface area contributed by atoms with E-state index in [9.17, 15) is 4.79 Å². The lowest BCUT2D eigenvalue weighted by molar-refractivity contribution is 0.101. The van der Waals surface area contributed by atoms with Crippen LogP contribution in [0.2, 0.25) is 0 Å². The van der Waals surface area contributed by atoms with Crippen LogP contribution in [0, 0.1) is 13.8 Å². The fraction of sp³-hybridized carbons (Fsp3) is 0.231. The Balaban J connectivity index is 2.37. The highest BCUT2D eigenvalue weighted by molar-refractivity contribution is 7.99. The number of rotatable bonds is 3. The third-order valence-electron chi connectivity index (χ3n) is 2.30. The van der Waals surface area contributed by atoms with E-state index in [0.29, 0.717) is 15.7 Å². The summed E-state index contributed by atoms with van der Waals surface area (Å²) in [6.45, 7) is 5.37. The van der Waals surface area contributed by atoms with Gasteiger partial charge in [0.05, 0.1) is 0 Å². The van der Waals surface area contributed by atoms with E-state index in [-0.39, 0.29) is 5.78 Å². The summed E-state index contributed by atoms with van der Waals surface area (Å²) >= 11 is 1.32. The molecule has 0 aliphatic heterocycles. The number of aryl methyl sites for hydroxylation is 2. The molecule has 0 bridgehead atoms. The number of ketones is 1. The van der Waals surface area contributed by atoms with E-state index in [1.54, 1.807) is 18.3 Å². The predicted octanol–water partition coefficient (Wildman–Crippen LogP) is 2.84. The van der Waals surface area contributed by atoms with Crippen molar-refractivity contribution in [2.24, 2.45) is 0 Å². The Morgan fingerprint density at radius 3 is 2.50 bits per heavy atom. The van der Waals surface area contributed by atoms with Crippen LogP contribution < -0.4 is 0 Å². The van der Waals surface area contributed by atoms with Gasteiger partial charge in [-0.2, -0.15) is 0 Å². The van der Waals surface area contributed by atoms with E-state index in [0.717, 1.165) is 11.4 Å². The number of nitrogens with zero attached hydrogens (tertiary/aromatic N) is 3. The van der Waals surface area contributed by atoms with Gasteiger partial charge in [0.25, 0.3) is 0 Å². The molecule has 2 rings (SSSR count). The zero-order valence-corrected chi connectivity index (χ0v) is 11.3. The molecule has 2 aromatic rings. The van der Waals surface area contributed by atoms with E-state index in [1.165, 1.54) is 18.7 Å². The normalized spacial score (nSPS) is 10.4. The molecule has 0 aromatic carbocycles. The largest absolute Gasteiger partial charge is 0.294 e. The van der Waals surface area contributed by atoms with E-state index >= 15 is 0 Å². The maximum atomic E-state index is 11.5. The van der Waals surface area contributed by atoms with Gasteiger partial charge in [0.2, 0.25) is 0 Å². The zero-order chi connectivity index (χ0) is 13.1. The molecule has 2 aromatic heterocycles. The number of Topliss-reactive ketones (excluding diaryl/α,β-unsaturated/α-hetero) is 1. The van der Waals surface area contributed by atoms with Gasteiger partial charge in [-0.15, -0.1) is 0 Å². The highest BCUT2D eigenvalue weighted by Gasteiger charge is 2.11. The summed E-state index contributed by atoms with van der Waals surface area (Å²) < 4.78 is 0. The quantitative estimate of drug-likeness (QED) is 0.626.